The maximum Gasteiger partial charge on any atom is 0.229 e. The summed E-state index contributed by atoms with van der Waals surface area (Å²) in [7, 11) is 0. The van der Waals surface area contributed by atoms with Crippen molar-refractivity contribution in [2.24, 2.45) is 0 Å². The molecule has 1 saturated heterocycles. The lowest BCUT2D eigenvalue weighted by Gasteiger charge is -2.39. The van der Waals surface area contributed by atoms with E-state index in [1.165, 1.54) is 12.1 Å². The zero-order valence-corrected chi connectivity index (χ0v) is 16.7. The van der Waals surface area contributed by atoms with E-state index in [-0.39, 0.29) is 28.0 Å². The summed E-state index contributed by atoms with van der Waals surface area (Å²) in [5, 5.41) is 78.6. The SMILES string of the molecule is O=c1cc(-c2ccc(O)c(O)c2)oc2cc(O[C@@H]3OC(CO)[C@@H](O)[C@H](O)C3O)c(O)c(O)c12. The van der Waals surface area contributed by atoms with Gasteiger partial charge in [0.15, 0.2) is 28.4 Å². The van der Waals surface area contributed by atoms with Crippen LogP contribution in [0.4, 0.5) is 0 Å². The molecule has 3 aromatic rings. The molecule has 8 N–H and O–H groups in total. The molecule has 0 saturated carbocycles. The van der Waals surface area contributed by atoms with E-state index in [0.717, 1.165) is 18.2 Å². The van der Waals surface area contributed by atoms with E-state index in [2.05, 4.69) is 0 Å². The van der Waals surface area contributed by atoms with Gasteiger partial charge in [0.2, 0.25) is 12.0 Å². The van der Waals surface area contributed by atoms with Crippen molar-refractivity contribution in [3.63, 3.8) is 0 Å². The molecule has 1 fully saturated rings. The van der Waals surface area contributed by atoms with Crippen molar-refractivity contribution < 1.29 is 54.7 Å². The Labute approximate surface area is 184 Å². The Hall–Kier alpha value is -3.55. The Morgan fingerprint density at radius 1 is 0.879 bits per heavy atom. The van der Waals surface area contributed by atoms with Gasteiger partial charge in [-0.05, 0) is 18.2 Å². The highest BCUT2D eigenvalue weighted by molar-refractivity contribution is 5.89. The molecule has 12 nitrogen and oxygen atoms in total. The minimum atomic E-state index is -1.79. The summed E-state index contributed by atoms with van der Waals surface area (Å²) in [6.07, 6.45) is -8.13. The maximum atomic E-state index is 12.6. The van der Waals surface area contributed by atoms with E-state index in [9.17, 15) is 45.6 Å². The quantitative estimate of drug-likeness (QED) is 0.229. The van der Waals surface area contributed by atoms with Gasteiger partial charge in [-0.15, -0.1) is 0 Å². The zero-order chi connectivity index (χ0) is 24.0. The lowest BCUT2D eigenvalue weighted by atomic mass is 9.99. The van der Waals surface area contributed by atoms with Crippen molar-refractivity contribution in [1.82, 2.24) is 0 Å². The van der Waals surface area contributed by atoms with E-state index in [1.807, 2.05) is 0 Å². The van der Waals surface area contributed by atoms with Gasteiger partial charge < -0.3 is 54.7 Å². The molecule has 1 aliphatic heterocycles. The summed E-state index contributed by atoms with van der Waals surface area (Å²) in [4.78, 5) is 12.6. The van der Waals surface area contributed by atoms with Crippen LogP contribution in [0.25, 0.3) is 22.3 Å². The first-order chi connectivity index (χ1) is 15.6. The van der Waals surface area contributed by atoms with E-state index < -0.39 is 65.7 Å². The first kappa shape index (κ1) is 22.6. The number of hydrogen-bond donors (Lipinski definition) is 8. The van der Waals surface area contributed by atoms with Gasteiger partial charge in [0, 0.05) is 17.7 Å². The largest absolute Gasteiger partial charge is 0.504 e. The van der Waals surface area contributed by atoms with Crippen molar-refractivity contribution in [1.29, 1.82) is 0 Å². The van der Waals surface area contributed by atoms with Crippen LogP contribution in [0.3, 0.4) is 0 Å². The Morgan fingerprint density at radius 3 is 2.27 bits per heavy atom. The highest BCUT2D eigenvalue weighted by Gasteiger charge is 2.45. The molecule has 1 aliphatic rings. The molecule has 0 bridgehead atoms. The van der Waals surface area contributed by atoms with E-state index >= 15 is 0 Å². The molecule has 0 aliphatic carbocycles. The summed E-state index contributed by atoms with van der Waals surface area (Å²) in [5.41, 5.74) is -0.778. The maximum absolute atomic E-state index is 12.6. The van der Waals surface area contributed by atoms with Crippen LogP contribution < -0.4 is 10.2 Å². The first-order valence-electron chi connectivity index (χ1n) is 9.64. The van der Waals surface area contributed by atoms with E-state index in [0.29, 0.717) is 0 Å². The number of phenols is 4. The molecule has 33 heavy (non-hydrogen) atoms. The molecule has 2 heterocycles. The number of fused-ring (bicyclic) bond motifs is 1. The lowest BCUT2D eigenvalue weighted by Crippen LogP contribution is -2.60. The molecule has 0 spiro atoms. The molecule has 2 aromatic carbocycles. The normalized spacial score (nSPS) is 25.3. The van der Waals surface area contributed by atoms with Gasteiger partial charge in [-0.3, -0.25) is 4.79 Å². The van der Waals surface area contributed by atoms with Crippen LogP contribution in [0.1, 0.15) is 0 Å². The van der Waals surface area contributed by atoms with Gasteiger partial charge in [0.25, 0.3) is 0 Å². The average Bonchev–Trinajstić information content (AvgIpc) is 2.78. The summed E-state index contributed by atoms with van der Waals surface area (Å²) in [6.45, 7) is -0.711. The number of benzene rings is 2. The predicted octanol–water partition coefficient (Wildman–Crippen LogP) is -0.539. The van der Waals surface area contributed by atoms with Gasteiger partial charge in [0.1, 0.15) is 41.1 Å². The summed E-state index contributed by atoms with van der Waals surface area (Å²) >= 11 is 0. The smallest absolute Gasteiger partial charge is 0.229 e. The Morgan fingerprint density at radius 2 is 1.61 bits per heavy atom. The molecule has 1 aromatic heterocycles. The molecular formula is C21H20O12. The van der Waals surface area contributed by atoms with Crippen LogP contribution in [0.15, 0.2) is 39.5 Å². The van der Waals surface area contributed by atoms with Gasteiger partial charge >= 0.3 is 0 Å². The molecule has 0 amide bonds. The van der Waals surface area contributed by atoms with Crippen LogP contribution in [0.2, 0.25) is 0 Å². The van der Waals surface area contributed by atoms with Crippen LogP contribution in [-0.4, -0.2) is 78.2 Å². The number of aromatic hydroxyl groups is 4. The lowest BCUT2D eigenvalue weighted by molar-refractivity contribution is -0.277. The van der Waals surface area contributed by atoms with Crippen LogP contribution in [0, 0.1) is 0 Å². The molecule has 12 heteroatoms. The van der Waals surface area contributed by atoms with Crippen molar-refractivity contribution >= 4 is 11.0 Å². The number of hydrogen-bond acceptors (Lipinski definition) is 12. The fourth-order valence-corrected chi connectivity index (χ4v) is 3.47. The fourth-order valence-electron chi connectivity index (χ4n) is 3.47. The standard InChI is InChI=1S/C21H20O12/c22-6-14-17(27)19(29)20(30)21(33-14)32-13-5-12-15(18(28)16(13)26)10(25)4-11(31-12)7-1-2-8(23)9(24)3-7/h1-5,14,17,19-24,26-30H,6H2/t14?,17-,19+,20?,21-/m1/s1. The topological polar surface area (TPSA) is 211 Å². The monoisotopic (exact) mass is 464 g/mol. The van der Waals surface area contributed by atoms with Gasteiger partial charge in [0.05, 0.1) is 6.61 Å². The molecule has 2 unspecified atom stereocenters. The molecule has 4 rings (SSSR count). The second kappa shape index (κ2) is 8.42. The number of rotatable bonds is 4. The third kappa shape index (κ3) is 3.90. The van der Waals surface area contributed by atoms with Crippen molar-refractivity contribution in [3.8, 4) is 40.1 Å². The Bertz CT molecular complexity index is 1250. The van der Waals surface area contributed by atoms with Crippen LogP contribution >= 0.6 is 0 Å². The second-order valence-corrected chi connectivity index (χ2v) is 7.44. The van der Waals surface area contributed by atoms with Crippen molar-refractivity contribution in [2.45, 2.75) is 30.7 Å². The Kier molecular flexibility index (Phi) is 5.78. The number of phenolic OH excluding ortho intramolecular Hbond substituents is 4. The zero-order valence-electron chi connectivity index (χ0n) is 16.7. The number of ether oxygens (including phenoxy) is 2. The van der Waals surface area contributed by atoms with Gasteiger partial charge in [-0.1, -0.05) is 0 Å². The number of aliphatic hydroxyl groups excluding tert-OH is 4. The molecular weight excluding hydrogens is 444 g/mol. The highest BCUT2D eigenvalue weighted by Crippen LogP contribution is 2.43. The Balaban J connectivity index is 1.77. The van der Waals surface area contributed by atoms with Crippen LogP contribution in [-0.2, 0) is 4.74 Å². The van der Waals surface area contributed by atoms with Gasteiger partial charge in [-0.2, -0.15) is 0 Å². The first-order valence-corrected chi connectivity index (χ1v) is 9.64. The number of aliphatic hydroxyl groups is 4. The van der Waals surface area contributed by atoms with E-state index in [4.69, 9.17) is 13.9 Å². The summed E-state index contributed by atoms with van der Waals surface area (Å²) in [6, 6.07) is 5.72. The summed E-state index contributed by atoms with van der Waals surface area (Å²) < 4.78 is 16.2. The second-order valence-electron chi connectivity index (χ2n) is 7.44. The molecule has 5 atom stereocenters. The highest BCUT2D eigenvalue weighted by atomic mass is 16.7. The molecule has 0 radical (unpaired) electrons. The molecule has 176 valence electrons. The minimum absolute atomic E-state index is 0.0494. The third-order valence-corrected chi connectivity index (χ3v) is 5.28. The predicted molar refractivity (Wildman–Crippen MR) is 109 cm³/mol. The average molecular weight is 464 g/mol. The van der Waals surface area contributed by atoms with Crippen molar-refractivity contribution in [2.75, 3.05) is 6.61 Å². The summed E-state index contributed by atoms with van der Waals surface area (Å²) in [5.74, 6) is -3.18. The third-order valence-electron chi connectivity index (χ3n) is 5.28. The van der Waals surface area contributed by atoms with Gasteiger partial charge in [-0.25, -0.2) is 0 Å². The fraction of sp³-hybridized carbons (Fsp3) is 0.286. The van der Waals surface area contributed by atoms with Crippen LogP contribution in [0.5, 0.6) is 28.7 Å². The minimum Gasteiger partial charge on any atom is -0.504 e. The van der Waals surface area contributed by atoms with E-state index in [1.54, 1.807) is 0 Å². The van der Waals surface area contributed by atoms with Crippen molar-refractivity contribution in [3.05, 3.63) is 40.6 Å².